The van der Waals surface area contributed by atoms with Gasteiger partial charge in [-0.15, -0.1) is 0 Å². The third-order valence-corrected chi connectivity index (χ3v) is 3.41. The van der Waals surface area contributed by atoms with E-state index in [0.717, 1.165) is 12.1 Å². The monoisotopic (exact) mass is 372 g/mol. The fourth-order valence-electron chi connectivity index (χ4n) is 1.79. The Hall–Kier alpha value is -2.61. The predicted octanol–water partition coefficient (Wildman–Crippen LogP) is 3.94. The smallest absolute Gasteiger partial charge is 0.416 e. The molecule has 1 aromatic heterocycles. The second-order valence-corrected chi connectivity index (χ2v) is 5.35. The number of esters is 1. The lowest BCUT2D eigenvalue weighted by molar-refractivity contribution is -0.137. The van der Waals surface area contributed by atoms with Crippen LogP contribution in [0.4, 0.5) is 18.9 Å². The number of halogens is 4. The SMILES string of the molecule is C[C@H](OC(=O)c1ccccn1)C(=O)Nc1cc(C(F)(F)F)ccc1Cl. The lowest BCUT2D eigenvalue weighted by Gasteiger charge is -2.15. The van der Waals surface area contributed by atoms with Gasteiger partial charge in [-0.05, 0) is 37.3 Å². The van der Waals surface area contributed by atoms with E-state index in [0.29, 0.717) is 6.07 Å². The number of carbonyl (C=O) groups is 2. The summed E-state index contributed by atoms with van der Waals surface area (Å²) in [6.07, 6.45) is -4.47. The molecule has 1 heterocycles. The lowest BCUT2D eigenvalue weighted by Crippen LogP contribution is -2.30. The van der Waals surface area contributed by atoms with Crippen molar-refractivity contribution in [2.24, 2.45) is 0 Å². The first-order chi connectivity index (χ1) is 11.7. The van der Waals surface area contributed by atoms with Crippen LogP contribution in [0.1, 0.15) is 23.0 Å². The molecule has 25 heavy (non-hydrogen) atoms. The first-order valence-corrected chi connectivity index (χ1v) is 7.36. The molecule has 0 unspecified atom stereocenters. The van der Waals surface area contributed by atoms with Crippen LogP contribution in [0, 0.1) is 0 Å². The highest BCUT2D eigenvalue weighted by Gasteiger charge is 2.31. The molecule has 1 atom stereocenters. The van der Waals surface area contributed by atoms with Gasteiger partial charge in [-0.3, -0.25) is 4.79 Å². The number of benzene rings is 1. The van der Waals surface area contributed by atoms with Crippen LogP contribution in [0.15, 0.2) is 42.6 Å². The minimum atomic E-state index is -4.58. The summed E-state index contributed by atoms with van der Waals surface area (Å²) in [5.41, 5.74) is -1.20. The Bertz CT molecular complexity index is 782. The fourth-order valence-corrected chi connectivity index (χ4v) is 1.95. The lowest BCUT2D eigenvalue weighted by atomic mass is 10.2. The summed E-state index contributed by atoms with van der Waals surface area (Å²) in [5.74, 6) is -1.66. The Balaban J connectivity index is 2.07. The topological polar surface area (TPSA) is 68.3 Å². The normalized spacial score (nSPS) is 12.4. The van der Waals surface area contributed by atoms with Crippen molar-refractivity contribution in [2.75, 3.05) is 5.32 Å². The largest absolute Gasteiger partial charge is 0.448 e. The maximum atomic E-state index is 12.7. The van der Waals surface area contributed by atoms with E-state index in [4.69, 9.17) is 16.3 Å². The first kappa shape index (κ1) is 18.7. The highest BCUT2D eigenvalue weighted by atomic mass is 35.5. The first-order valence-electron chi connectivity index (χ1n) is 6.98. The molecule has 0 spiro atoms. The van der Waals surface area contributed by atoms with Crippen molar-refractivity contribution in [3.63, 3.8) is 0 Å². The average Bonchev–Trinajstić information content (AvgIpc) is 2.56. The minimum Gasteiger partial charge on any atom is -0.448 e. The van der Waals surface area contributed by atoms with Crippen LogP contribution in [0.3, 0.4) is 0 Å². The van der Waals surface area contributed by atoms with Gasteiger partial charge in [0, 0.05) is 6.20 Å². The molecule has 2 aromatic rings. The molecule has 0 saturated heterocycles. The van der Waals surface area contributed by atoms with Crippen molar-refractivity contribution in [3.8, 4) is 0 Å². The van der Waals surface area contributed by atoms with Gasteiger partial charge in [0.15, 0.2) is 6.10 Å². The Morgan fingerprint density at radius 3 is 2.56 bits per heavy atom. The van der Waals surface area contributed by atoms with Crippen molar-refractivity contribution in [1.82, 2.24) is 4.98 Å². The molecular weight excluding hydrogens is 361 g/mol. The maximum Gasteiger partial charge on any atom is 0.416 e. The number of alkyl halides is 3. The second-order valence-electron chi connectivity index (χ2n) is 4.94. The molecule has 0 aliphatic heterocycles. The number of nitrogens with zero attached hydrogens (tertiary/aromatic N) is 1. The van der Waals surface area contributed by atoms with Gasteiger partial charge in [0.1, 0.15) is 5.69 Å². The molecule has 1 amide bonds. The number of amides is 1. The number of aromatic nitrogens is 1. The summed E-state index contributed by atoms with van der Waals surface area (Å²) in [7, 11) is 0. The van der Waals surface area contributed by atoms with Gasteiger partial charge in [-0.1, -0.05) is 17.7 Å². The van der Waals surface area contributed by atoms with Crippen molar-refractivity contribution in [3.05, 3.63) is 58.9 Å². The number of hydrogen-bond acceptors (Lipinski definition) is 4. The molecule has 0 saturated carbocycles. The summed E-state index contributed by atoms with van der Waals surface area (Å²) < 4.78 is 43.1. The van der Waals surface area contributed by atoms with E-state index < -0.39 is 29.7 Å². The van der Waals surface area contributed by atoms with E-state index in [2.05, 4.69) is 10.3 Å². The molecule has 9 heteroatoms. The van der Waals surface area contributed by atoms with Gasteiger partial charge < -0.3 is 10.1 Å². The van der Waals surface area contributed by atoms with E-state index in [-0.39, 0.29) is 16.4 Å². The Morgan fingerprint density at radius 1 is 1.24 bits per heavy atom. The fraction of sp³-hybridized carbons (Fsp3) is 0.188. The Morgan fingerprint density at radius 2 is 1.96 bits per heavy atom. The quantitative estimate of drug-likeness (QED) is 0.825. The molecule has 0 bridgehead atoms. The zero-order valence-electron chi connectivity index (χ0n) is 12.8. The Labute approximate surface area is 145 Å². The summed E-state index contributed by atoms with van der Waals surface area (Å²) in [6.45, 7) is 1.28. The number of rotatable bonds is 4. The zero-order chi connectivity index (χ0) is 18.6. The zero-order valence-corrected chi connectivity index (χ0v) is 13.6. The summed E-state index contributed by atoms with van der Waals surface area (Å²) in [6, 6.07) is 7.08. The molecule has 0 radical (unpaired) electrons. The predicted molar refractivity (Wildman–Crippen MR) is 84.2 cm³/mol. The molecule has 2 rings (SSSR count). The molecule has 0 aliphatic carbocycles. The van der Waals surface area contributed by atoms with Crippen molar-refractivity contribution in [2.45, 2.75) is 19.2 Å². The average molecular weight is 373 g/mol. The van der Waals surface area contributed by atoms with Crippen LogP contribution in [-0.2, 0) is 15.7 Å². The third-order valence-electron chi connectivity index (χ3n) is 3.08. The molecule has 0 aliphatic rings. The maximum absolute atomic E-state index is 12.7. The van der Waals surface area contributed by atoms with Gasteiger partial charge in [-0.25, -0.2) is 9.78 Å². The molecule has 5 nitrogen and oxygen atoms in total. The molecular formula is C16H12ClF3N2O3. The van der Waals surface area contributed by atoms with E-state index in [9.17, 15) is 22.8 Å². The van der Waals surface area contributed by atoms with E-state index in [1.54, 1.807) is 12.1 Å². The standard InChI is InChI=1S/C16H12ClF3N2O3/c1-9(25-15(24)12-4-2-3-7-21-12)14(23)22-13-8-10(16(18,19)20)5-6-11(13)17/h2-9H,1H3,(H,22,23)/t9-/m0/s1. The number of ether oxygens (including phenoxy) is 1. The summed E-state index contributed by atoms with van der Waals surface area (Å²) in [5, 5.41) is 2.13. The van der Waals surface area contributed by atoms with Crippen LogP contribution in [0.25, 0.3) is 0 Å². The summed E-state index contributed by atoms with van der Waals surface area (Å²) in [4.78, 5) is 27.6. The van der Waals surface area contributed by atoms with E-state index >= 15 is 0 Å². The molecule has 1 aromatic carbocycles. The highest BCUT2D eigenvalue weighted by molar-refractivity contribution is 6.33. The van der Waals surface area contributed by atoms with Crippen molar-refractivity contribution >= 4 is 29.2 Å². The third kappa shape index (κ3) is 4.93. The number of carbonyl (C=O) groups excluding carboxylic acids is 2. The minimum absolute atomic E-state index is 0.000693. The van der Waals surface area contributed by atoms with Crippen molar-refractivity contribution < 1.29 is 27.5 Å². The number of nitrogens with one attached hydrogen (secondary N) is 1. The Kier molecular flexibility index (Phi) is 5.63. The van der Waals surface area contributed by atoms with Crippen LogP contribution in [0.5, 0.6) is 0 Å². The number of hydrogen-bond donors (Lipinski definition) is 1. The van der Waals surface area contributed by atoms with Gasteiger partial charge in [0.25, 0.3) is 5.91 Å². The second kappa shape index (κ2) is 7.52. The highest BCUT2D eigenvalue weighted by Crippen LogP contribution is 2.33. The van der Waals surface area contributed by atoms with Crippen LogP contribution in [0.2, 0.25) is 5.02 Å². The van der Waals surface area contributed by atoms with Crippen molar-refractivity contribution in [1.29, 1.82) is 0 Å². The molecule has 1 N–H and O–H groups in total. The van der Waals surface area contributed by atoms with Gasteiger partial charge in [0.2, 0.25) is 0 Å². The van der Waals surface area contributed by atoms with Crippen LogP contribution in [-0.4, -0.2) is 23.0 Å². The van der Waals surface area contributed by atoms with Gasteiger partial charge in [0.05, 0.1) is 16.3 Å². The van der Waals surface area contributed by atoms with E-state index in [1.807, 2.05) is 0 Å². The number of pyridine rings is 1. The van der Waals surface area contributed by atoms with Gasteiger partial charge >= 0.3 is 12.1 Å². The number of anilines is 1. The molecule has 0 fully saturated rings. The van der Waals surface area contributed by atoms with E-state index in [1.165, 1.54) is 19.2 Å². The summed E-state index contributed by atoms with van der Waals surface area (Å²) >= 11 is 5.80. The van der Waals surface area contributed by atoms with Gasteiger partial charge in [-0.2, -0.15) is 13.2 Å². The van der Waals surface area contributed by atoms with Crippen LogP contribution < -0.4 is 5.32 Å². The molecule has 132 valence electrons. The van der Waals surface area contributed by atoms with Crippen LogP contribution >= 0.6 is 11.6 Å².